The van der Waals surface area contributed by atoms with E-state index in [9.17, 15) is 0 Å². The van der Waals surface area contributed by atoms with Crippen molar-refractivity contribution in [3.05, 3.63) is 28.2 Å². The van der Waals surface area contributed by atoms with Gasteiger partial charge in [-0.05, 0) is 31.5 Å². The molecule has 2 N–H and O–H groups in total. The first-order chi connectivity index (χ1) is 7.15. The van der Waals surface area contributed by atoms with Gasteiger partial charge in [0.2, 0.25) is 0 Å². The van der Waals surface area contributed by atoms with Gasteiger partial charge in [0.25, 0.3) is 0 Å². The molecule has 1 rings (SSSR count). The number of hydrogen-bond donors (Lipinski definition) is 2. The summed E-state index contributed by atoms with van der Waals surface area (Å²) in [4.78, 5) is 0. The molecule has 0 bridgehead atoms. The van der Waals surface area contributed by atoms with Crippen molar-refractivity contribution in [2.24, 2.45) is 0 Å². The maximum atomic E-state index is 8.79. The lowest BCUT2D eigenvalue weighted by Crippen LogP contribution is -2.16. The average Bonchev–Trinajstić information content (AvgIpc) is 2.17. The molecule has 0 saturated carbocycles. The Kier molecular flexibility index (Phi) is 4.60. The highest BCUT2D eigenvalue weighted by molar-refractivity contribution is 9.10. The lowest BCUT2D eigenvalue weighted by atomic mass is 10.2. The Balaban J connectivity index is 2.77. The summed E-state index contributed by atoms with van der Waals surface area (Å²) >= 11 is 3.34. The molecule has 3 nitrogen and oxygen atoms in total. The smallest absolute Gasteiger partial charge is 0.0992 e. The number of nitrogens with one attached hydrogen (secondary N) is 1. The second-order valence-corrected chi connectivity index (χ2v) is 4.31. The maximum Gasteiger partial charge on any atom is 0.0992 e. The van der Waals surface area contributed by atoms with Gasteiger partial charge in [0.15, 0.2) is 0 Å². The first kappa shape index (κ1) is 12.0. The molecular weight excluding hydrogens is 256 g/mol. The van der Waals surface area contributed by atoms with Crippen LogP contribution in [0.5, 0.6) is 0 Å². The average molecular weight is 269 g/mol. The van der Waals surface area contributed by atoms with Crippen LogP contribution in [0.3, 0.4) is 0 Å². The number of nitriles is 1. The zero-order chi connectivity index (χ0) is 11.3. The number of nitrogens with zero attached hydrogens (tertiary/aromatic N) is 1. The second-order valence-electron chi connectivity index (χ2n) is 3.40. The van der Waals surface area contributed by atoms with E-state index in [1.54, 1.807) is 12.1 Å². The number of hydrogen-bond acceptors (Lipinski definition) is 3. The standard InChI is InChI=1S/C11H13BrN2O/c1-8(2-3-15)14-11-5-9(7-13)4-10(12)6-11/h4-6,8,14-15H,2-3H2,1H3. The molecule has 0 saturated heterocycles. The highest BCUT2D eigenvalue weighted by Crippen LogP contribution is 2.20. The minimum atomic E-state index is 0.160. The molecule has 1 aromatic rings. The highest BCUT2D eigenvalue weighted by Gasteiger charge is 2.03. The summed E-state index contributed by atoms with van der Waals surface area (Å²) in [5, 5.41) is 20.8. The Morgan fingerprint density at radius 3 is 2.87 bits per heavy atom. The molecule has 1 atom stereocenters. The van der Waals surface area contributed by atoms with Crippen molar-refractivity contribution >= 4 is 21.6 Å². The van der Waals surface area contributed by atoms with E-state index in [4.69, 9.17) is 10.4 Å². The summed E-state index contributed by atoms with van der Waals surface area (Å²) in [6.45, 7) is 2.15. The Morgan fingerprint density at radius 2 is 2.27 bits per heavy atom. The van der Waals surface area contributed by atoms with Crippen molar-refractivity contribution in [1.82, 2.24) is 0 Å². The van der Waals surface area contributed by atoms with E-state index in [0.717, 1.165) is 10.2 Å². The fourth-order valence-electron chi connectivity index (χ4n) is 1.29. The molecule has 1 unspecified atom stereocenters. The molecule has 4 heteroatoms. The predicted octanol–water partition coefficient (Wildman–Crippen LogP) is 2.50. The Labute approximate surface area is 97.9 Å². The van der Waals surface area contributed by atoms with Crippen molar-refractivity contribution < 1.29 is 5.11 Å². The number of aliphatic hydroxyl groups excluding tert-OH is 1. The largest absolute Gasteiger partial charge is 0.396 e. The van der Waals surface area contributed by atoms with Gasteiger partial charge < -0.3 is 10.4 Å². The minimum absolute atomic E-state index is 0.160. The van der Waals surface area contributed by atoms with Crippen LogP contribution >= 0.6 is 15.9 Å². The molecule has 0 aliphatic heterocycles. The van der Waals surface area contributed by atoms with Gasteiger partial charge in [-0.15, -0.1) is 0 Å². The summed E-state index contributed by atoms with van der Waals surface area (Å²) in [7, 11) is 0. The third kappa shape index (κ3) is 3.90. The topological polar surface area (TPSA) is 56.0 Å². The van der Waals surface area contributed by atoms with Crippen LogP contribution in [0.1, 0.15) is 18.9 Å². The lowest BCUT2D eigenvalue weighted by Gasteiger charge is -2.14. The molecule has 0 spiro atoms. The fourth-order valence-corrected chi connectivity index (χ4v) is 1.78. The molecule has 0 radical (unpaired) electrons. The summed E-state index contributed by atoms with van der Waals surface area (Å²) in [6.07, 6.45) is 0.689. The molecule has 15 heavy (non-hydrogen) atoms. The number of halogens is 1. The summed E-state index contributed by atoms with van der Waals surface area (Å²) < 4.78 is 0.875. The molecule has 0 amide bonds. The Hall–Kier alpha value is -1.05. The van der Waals surface area contributed by atoms with E-state index in [0.29, 0.717) is 12.0 Å². The Bertz CT molecular complexity index is 373. The monoisotopic (exact) mass is 268 g/mol. The van der Waals surface area contributed by atoms with Crippen LogP contribution in [0, 0.1) is 11.3 Å². The van der Waals surface area contributed by atoms with Gasteiger partial charge in [-0.1, -0.05) is 15.9 Å². The third-order valence-electron chi connectivity index (χ3n) is 2.00. The number of aliphatic hydroxyl groups is 1. The molecule has 0 aromatic heterocycles. The molecule has 0 aliphatic rings. The zero-order valence-electron chi connectivity index (χ0n) is 8.50. The van der Waals surface area contributed by atoms with E-state index in [-0.39, 0.29) is 12.6 Å². The van der Waals surface area contributed by atoms with Gasteiger partial charge in [0, 0.05) is 22.8 Å². The molecule has 0 fully saturated rings. The van der Waals surface area contributed by atoms with Gasteiger partial charge in [0.1, 0.15) is 0 Å². The molecule has 1 aromatic carbocycles. The van der Waals surface area contributed by atoms with E-state index in [1.165, 1.54) is 0 Å². The molecule has 80 valence electrons. The lowest BCUT2D eigenvalue weighted by molar-refractivity contribution is 0.282. The van der Waals surface area contributed by atoms with Crippen molar-refractivity contribution in [1.29, 1.82) is 5.26 Å². The van der Waals surface area contributed by atoms with Crippen molar-refractivity contribution in [3.63, 3.8) is 0 Å². The van der Waals surface area contributed by atoms with Crippen LogP contribution in [0.4, 0.5) is 5.69 Å². The first-order valence-corrected chi connectivity index (χ1v) is 5.53. The van der Waals surface area contributed by atoms with E-state index in [2.05, 4.69) is 27.3 Å². The molecule has 0 heterocycles. The van der Waals surface area contributed by atoms with Crippen LogP contribution in [-0.2, 0) is 0 Å². The van der Waals surface area contributed by atoms with Crippen molar-refractivity contribution in [3.8, 4) is 6.07 Å². The Morgan fingerprint density at radius 1 is 1.53 bits per heavy atom. The van der Waals surface area contributed by atoms with E-state index < -0.39 is 0 Å². The number of rotatable bonds is 4. The molecular formula is C11H13BrN2O. The van der Waals surface area contributed by atoms with Gasteiger partial charge in [-0.25, -0.2) is 0 Å². The fraction of sp³-hybridized carbons (Fsp3) is 0.364. The van der Waals surface area contributed by atoms with E-state index >= 15 is 0 Å². The normalized spacial score (nSPS) is 11.9. The number of anilines is 1. The van der Waals surface area contributed by atoms with Gasteiger partial charge in [0.05, 0.1) is 11.6 Å². The van der Waals surface area contributed by atoms with E-state index in [1.807, 2.05) is 13.0 Å². The van der Waals surface area contributed by atoms with Gasteiger partial charge >= 0.3 is 0 Å². The predicted molar refractivity (Wildman–Crippen MR) is 63.6 cm³/mol. The zero-order valence-corrected chi connectivity index (χ0v) is 10.1. The summed E-state index contributed by atoms with van der Waals surface area (Å²) in [5.74, 6) is 0. The van der Waals surface area contributed by atoms with Crippen molar-refractivity contribution in [2.45, 2.75) is 19.4 Å². The van der Waals surface area contributed by atoms with Gasteiger partial charge in [-0.3, -0.25) is 0 Å². The second kappa shape index (κ2) is 5.74. The maximum absolute atomic E-state index is 8.79. The van der Waals surface area contributed by atoms with Crippen LogP contribution in [0.15, 0.2) is 22.7 Å². The first-order valence-electron chi connectivity index (χ1n) is 4.74. The molecule has 0 aliphatic carbocycles. The van der Waals surface area contributed by atoms with Crippen LogP contribution in [0.25, 0.3) is 0 Å². The van der Waals surface area contributed by atoms with Gasteiger partial charge in [-0.2, -0.15) is 5.26 Å². The van der Waals surface area contributed by atoms with Crippen LogP contribution < -0.4 is 5.32 Å². The third-order valence-corrected chi connectivity index (χ3v) is 2.46. The van der Waals surface area contributed by atoms with Crippen LogP contribution in [0.2, 0.25) is 0 Å². The van der Waals surface area contributed by atoms with Crippen LogP contribution in [-0.4, -0.2) is 17.8 Å². The SMILES string of the molecule is CC(CCO)Nc1cc(Br)cc(C#N)c1. The number of benzene rings is 1. The highest BCUT2D eigenvalue weighted by atomic mass is 79.9. The minimum Gasteiger partial charge on any atom is -0.396 e. The summed E-state index contributed by atoms with van der Waals surface area (Å²) in [5.41, 5.74) is 1.50. The summed E-state index contributed by atoms with van der Waals surface area (Å²) in [6, 6.07) is 7.75. The quantitative estimate of drug-likeness (QED) is 0.883. The van der Waals surface area contributed by atoms with Crippen molar-refractivity contribution in [2.75, 3.05) is 11.9 Å².